The molecule has 7 nitrogen and oxygen atoms in total. The molecule has 2 aromatic heterocycles. The molecule has 4 rings (SSSR count). The molecule has 156 valence electrons. The van der Waals surface area contributed by atoms with Crippen LogP contribution in [0.2, 0.25) is 0 Å². The Balaban J connectivity index is 1.67. The molecule has 0 aliphatic heterocycles. The lowest BCUT2D eigenvalue weighted by atomic mass is 10.1. The predicted octanol–water partition coefficient (Wildman–Crippen LogP) is 4.15. The maximum Gasteiger partial charge on any atom is 0.273 e. The third kappa shape index (κ3) is 4.58. The zero-order valence-corrected chi connectivity index (χ0v) is 17.3. The van der Waals surface area contributed by atoms with Gasteiger partial charge in [-0.15, -0.1) is 0 Å². The van der Waals surface area contributed by atoms with Gasteiger partial charge in [0.25, 0.3) is 5.91 Å². The van der Waals surface area contributed by atoms with Crippen molar-refractivity contribution in [2.45, 2.75) is 20.8 Å². The average Bonchev–Trinajstić information content (AvgIpc) is 3.18. The van der Waals surface area contributed by atoms with Crippen LogP contribution in [0.25, 0.3) is 16.9 Å². The molecule has 4 aromatic rings. The number of halogens is 1. The van der Waals surface area contributed by atoms with Gasteiger partial charge in [0.2, 0.25) is 5.95 Å². The van der Waals surface area contributed by atoms with E-state index in [0.29, 0.717) is 22.9 Å². The molecule has 0 spiro atoms. The zero-order chi connectivity index (χ0) is 22.0. The van der Waals surface area contributed by atoms with Gasteiger partial charge in [0, 0.05) is 23.1 Å². The maximum absolute atomic E-state index is 13.3. The third-order valence-electron chi connectivity index (χ3n) is 4.65. The van der Waals surface area contributed by atoms with Gasteiger partial charge < -0.3 is 0 Å². The van der Waals surface area contributed by atoms with Crippen LogP contribution in [0.5, 0.6) is 0 Å². The Hall–Kier alpha value is -4.07. The van der Waals surface area contributed by atoms with E-state index in [1.165, 1.54) is 12.1 Å². The summed E-state index contributed by atoms with van der Waals surface area (Å²) >= 11 is 0. The fourth-order valence-corrected chi connectivity index (χ4v) is 3.15. The van der Waals surface area contributed by atoms with Crippen molar-refractivity contribution >= 4 is 11.9 Å². The van der Waals surface area contributed by atoms with Crippen molar-refractivity contribution in [2.24, 2.45) is 0 Å². The largest absolute Gasteiger partial charge is 0.273 e. The fourth-order valence-electron chi connectivity index (χ4n) is 3.15. The van der Waals surface area contributed by atoms with Crippen molar-refractivity contribution in [3.05, 3.63) is 89.1 Å². The summed E-state index contributed by atoms with van der Waals surface area (Å²) in [6.45, 7) is 5.69. The molecule has 0 bridgehead atoms. The SMILES string of the molecule is Cc1ccc(-c2nn(-c3ccc(F)cc3)cc2C(=O)NNc2nc(C)cc(C)n2)cc1. The first-order chi connectivity index (χ1) is 14.9. The van der Waals surface area contributed by atoms with Crippen LogP contribution in [0, 0.1) is 26.6 Å². The summed E-state index contributed by atoms with van der Waals surface area (Å²) < 4.78 is 14.9. The molecule has 0 aliphatic rings. The number of carbonyl (C=O) groups excluding carboxylic acids is 1. The summed E-state index contributed by atoms with van der Waals surface area (Å²) in [7, 11) is 0. The van der Waals surface area contributed by atoms with Gasteiger partial charge >= 0.3 is 0 Å². The number of aromatic nitrogens is 4. The number of amides is 1. The smallest absolute Gasteiger partial charge is 0.267 e. The van der Waals surface area contributed by atoms with E-state index in [1.807, 2.05) is 51.1 Å². The quantitative estimate of drug-likeness (QED) is 0.478. The van der Waals surface area contributed by atoms with E-state index in [1.54, 1.807) is 23.0 Å². The normalized spacial score (nSPS) is 10.7. The van der Waals surface area contributed by atoms with E-state index in [0.717, 1.165) is 22.5 Å². The molecule has 2 aromatic carbocycles. The van der Waals surface area contributed by atoms with Gasteiger partial charge in [0.15, 0.2) is 0 Å². The van der Waals surface area contributed by atoms with Crippen LogP contribution in [-0.4, -0.2) is 25.7 Å². The Morgan fingerprint density at radius 3 is 2.23 bits per heavy atom. The van der Waals surface area contributed by atoms with E-state index in [2.05, 4.69) is 25.9 Å². The molecular formula is C23H21FN6O. The van der Waals surface area contributed by atoms with Crippen molar-refractivity contribution in [2.75, 3.05) is 5.43 Å². The Bertz CT molecular complexity index is 1210. The molecule has 0 aliphatic carbocycles. The second-order valence-corrected chi connectivity index (χ2v) is 7.23. The highest BCUT2D eigenvalue weighted by Gasteiger charge is 2.19. The van der Waals surface area contributed by atoms with Crippen molar-refractivity contribution in [3.63, 3.8) is 0 Å². The van der Waals surface area contributed by atoms with Crippen LogP contribution < -0.4 is 10.9 Å². The first-order valence-corrected chi connectivity index (χ1v) is 9.70. The van der Waals surface area contributed by atoms with E-state index < -0.39 is 5.91 Å². The van der Waals surface area contributed by atoms with Crippen LogP contribution in [0.15, 0.2) is 60.8 Å². The summed E-state index contributed by atoms with van der Waals surface area (Å²) in [5.41, 5.74) is 10.4. The molecular weight excluding hydrogens is 395 g/mol. The van der Waals surface area contributed by atoms with Gasteiger partial charge in [0.05, 0.1) is 11.3 Å². The van der Waals surface area contributed by atoms with Crippen molar-refractivity contribution in [1.82, 2.24) is 25.2 Å². The summed E-state index contributed by atoms with van der Waals surface area (Å²) in [6.07, 6.45) is 1.61. The Kier molecular flexibility index (Phi) is 5.44. The van der Waals surface area contributed by atoms with Crippen LogP contribution in [-0.2, 0) is 0 Å². The molecule has 0 radical (unpaired) electrons. The number of aryl methyl sites for hydroxylation is 3. The van der Waals surface area contributed by atoms with Crippen LogP contribution in [0.4, 0.5) is 10.3 Å². The minimum Gasteiger partial charge on any atom is -0.267 e. The third-order valence-corrected chi connectivity index (χ3v) is 4.65. The number of benzene rings is 2. The second kappa shape index (κ2) is 8.35. The molecule has 0 saturated carbocycles. The number of hydrogen-bond acceptors (Lipinski definition) is 5. The minimum atomic E-state index is -0.397. The number of anilines is 1. The van der Waals surface area contributed by atoms with Crippen LogP contribution >= 0.6 is 0 Å². The van der Waals surface area contributed by atoms with E-state index in [4.69, 9.17) is 0 Å². The zero-order valence-electron chi connectivity index (χ0n) is 17.3. The summed E-state index contributed by atoms with van der Waals surface area (Å²) in [5.74, 6) is -0.439. The van der Waals surface area contributed by atoms with Gasteiger partial charge in [-0.05, 0) is 51.1 Å². The van der Waals surface area contributed by atoms with Crippen LogP contribution in [0.3, 0.4) is 0 Å². The first-order valence-electron chi connectivity index (χ1n) is 9.70. The molecule has 0 unspecified atom stereocenters. The van der Waals surface area contributed by atoms with Gasteiger partial charge in [0.1, 0.15) is 11.5 Å². The van der Waals surface area contributed by atoms with Gasteiger partial charge in [-0.3, -0.25) is 15.6 Å². The Morgan fingerprint density at radius 1 is 0.935 bits per heavy atom. The topological polar surface area (TPSA) is 84.7 Å². The second-order valence-electron chi connectivity index (χ2n) is 7.23. The van der Waals surface area contributed by atoms with Gasteiger partial charge in [-0.1, -0.05) is 29.8 Å². The molecule has 0 atom stereocenters. The number of hydrazine groups is 1. The number of hydrogen-bond donors (Lipinski definition) is 2. The molecule has 0 fully saturated rings. The summed E-state index contributed by atoms with van der Waals surface area (Å²) in [4.78, 5) is 21.5. The highest BCUT2D eigenvalue weighted by atomic mass is 19.1. The first kappa shape index (κ1) is 20.2. The van der Waals surface area contributed by atoms with Crippen molar-refractivity contribution in [3.8, 4) is 16.9 Å². The summed E-state index contributed by atoms with van der Waals surface area (Å²) in [5, 5.41) is 4.59. The Morgan fingerprint density at radius 2 is 1.58 bits per heavy atom. The van der Waals surface area contributed by atoms with E-state index in [-0.39, 0.29) is 5.82 Å². The predicted molar refractivity (Wildman–Crippen MR) is 116 cm³/mol. The minimum absolute atomic E-state index is 0.300. The molecule has 2 heterocycles. The van der Waals surface area contributed by atoms with Gasteiger partial charge in [-0.2, -0.15) is 5.10 Å². The number of nitrogens with zero attached hydrogens (tertiary/aromatic N) is 4. The number of nitrogens with one attached hydrogen (secondary N) is 2. The van der Waals surface area contributed by atoms with Crippen molar-refractivity contribution < 1.29 is 9.18 Å². The van der Waals surface area contributed by atoms with Gasteiger partial charge in [-0.25, -0.2) is 19.0 Å². The van der Waals surface area contributed by atoms with E-state index in [9.17, 15) is 9.18 Å². The highest BCUT2D eigenvalue weighted by molar-refractivity contribution is 6.00. The van der Waals surface area contributed by atoms with Crippen molar-refractivity contribution in [1.29, 1.82) is 0 Å². The fraction of sp³-hybridized carbons (Fsp3) is 0.130. The molecule has 2 N–H and O–H groups in total. The summed E-state index contributed by atoms with van der Waals surface area (Å²) in [6, 6.07) is 15.5. The lowest BCUT2D eigenvalue weighted by Gasteiger charge is -2.08. The monoisotopic (exact) mass is 416 g/mol. The maximum atomic E-state index is 13.3. The highest BCUT2D eigenvalue weighted by Crippen LogP contribution is 2.24. The van der Waals surface area contributed by atoms with Crippen LogP contribution in [0.1, 0.15) is 27.3 Å². The molecule has 31 heavy (non-hydrogen) atoms. The number of carbonyl (C=O) groups is 1. The number of rotatable bonds is 5. The van der Waals surface area contributed by atoms with E-state index >= 15 is 0 Å². The molecule has 8 heteroatoms. The Labute approximate surface area is 179 Å². The molecule has 1 amide bonds. The lowest BCUT2D eigenvalue weighted by Crippen LogP contribution is -2.30. The standard InChI is InChI=1S/C23H21FN6O/c1-14-4-6-17(7-5-14)21-20(13-30(29-21)19-10-8-18(24)9-11-19)22(31)27-28-23-25-15(2)12-16(3)26-23/h4-13H,1-3H3,(H,27,31)(H,25,26,28). The average molecular weight is 416 g/mol. The molecule has 0 saturated heterocycles. The lowest BCUT2D eigenvalue weighted by molar-refractivity contribution is 0.0963.